The zero-order valence-corrected chi connectivity index (χ0v) is 33.3. The van der Waals surface area contributed by atoms with Crippen LogP contribution in [0.5, 0.6) is 0 Å². The Morgan fingerprint density at radius 2 is 1.46 bits per heavy atom. The number of aryl methyl sites for hydroxylation is 2. The number of fused-ring (bicyclic) bond motifs is 3. The standard InChI is InChI=1S/C53H53N3/c1-7-18-41(30-29-39(4)56-32-17-26-48-47-25-14-12-20-42(47)33-50(48)40(5)46-24-15-16-27-52(46)56)51(55-36-54)35-53(6,43-21-9-8-10-22-43)44-31-28-38(3)49(34-44)45-23-13-11-19-37(45)2/h7-17,19-31,34-35,55H,1,5,18,32-33,36,54H2,2-4,6H3/b26-17-,39-29+,41-30+,51-35-. The predicted octanol–water partition coefficient (Wildman–Crippen LogP) is 12.2. The largest absolute Gasteiger partial charge is 0.373 e. The van der Waals surface area contributed by atoms with Crippen molar-refractivity contribution in [3.8, 4) is 11.1 Å². The smallest absolute Gasteiger partial charge is 0.0628 e. The summed E-state index contributed by atoms with van der Waals surface area (Å²) in [4.78, 5) is 2.39. The van der Waals surface area contributed by atoms with Crippen LogP contribution >= 0.6 is 0 Å². The molecule has 280 valence electrons. The highest BCUT2D eigenvalue weighted by Gasteiger charge is 2.29. The lowest BCUT2D eigenvalue weighted by Crippen LogP contribution is -2.28. The number of nitrogens with zero attached hydrogens (tertiary/aromatic N) is 1. The maximum Gasteiger partial charge on any atom is 0.0628 e. The van der Waals surface area contributed by atoms with Crippen molar-refractivity contribution in [3.63, 3.8) is 0 Å². The van der Waals surface area contributed by atoms with Gasteiger partial charge in [-0.1, -0.05) is 140 Å². The van der Waals surface area contributed by atoms with Crippen molar-refractivity contribution in [1.29, 1.82) is 0 Å². The maximum atomic E-state index is 6.30. The fourth-order valence-corrected chi connectivity index (χ4v) is 8.30. The molecule has 0 aromatic heterocycles. The molecule has 0 radical (unpaired) electrons. The Bertz CT molecular complexity index is 2440. The first-order valence-electron chi connectivity index (χ1n) is 19.7. The average molecular weight is 732 g/mol. The second-order valence-electron chi connectivity index (χ2n) is 15.1. The van der Waals surface area contributed by atoms with Gasteiger partial charge in [-0.2, -0.15) is 0 Å². The van der Waals surface area contributed by atoms with Crippen LogP contribution in [-0.2, 0) is 11.8 Å². The topological polar surface area (TPSA) is 41.3 Å². The molecule has 5 aromatic rings. The molecule has 0 spiro atoms. The quantitative estimate of drug-likeness (QED) is 0.0807. The van der Waals surface area contributed by atoms with Crippen LogP contribution in [0.15, 0.2) is 193 Å². The summed E-state index contributed by atoms with van der Waals surface area (Å²) in [6, 6.07) is 43.7. The molecule has 2 aliphatic rings. The van der Waals surface area contributed by atoms with Crippen LogP contribution in [0.3, 0.4) is 0 Å². The summed E-state index contributed by atoms with van der Waals surface area (Å²) in [6.07, 6.45) is 14.9. The predicted molar refractivity (Wildman–Crippen MR) is 240 cm³/mol. The number of benzene rings is 5. The fraction of sp³-hybridized carbons (Fsp3) is 0.170. The van der Waals surface area contributed by atoms with Gasteiger partial charge in [0.2, 0.25) is 0 Å². The van der Waals surface area contributed by atoms with Crippen molar-refractivity contribution in [2.75, 3.05) is 18.1 Å². The number of para-hydroxylation sites is 1. The zero-order valence-electron chi connectivity index (χ0n) is 33.3. The minimum Gasteiger partial charge on any atom is -0.373 e. The zero-order chi connectivity index (χ0) is 39.2. The van der Waals surface area contributed by atoms with Gasteiger partial charge in [-0.05, 0) is 132 Å². The number of nitrogens with one attached hydrogen (secondary N) is 1. The molecule has 3 nitrogen and oxygen atoms in total. The highest BCUT2D eigenvalue weighted by molar-refractivity contribution is 5.98. The SMILES string of the molecule is C=CCC(=C\C=C(/C)N1C/C=C\C2=C(Cc3ccccc32)C(=C)c2ccccc21)/C(=C/C(C)(c1ccccc1)c1ccc(C)c(-c2ccccc2C)c1)NCN. The molecule has 0 saturated heterocycles. The Kier molecular flexibility index (Phi) is 11.4. The van der Waals surface area contributed by atoms with Gasteiger partial charge in [0.25, 0.3) is 0 Å². The van der Waals surface area contributed by atoms with Gasteiger partial charge in [0.1, 0.15) is 0 Å². The molecule has 1 atom stereocenters. The lowest BCUT2D eigenvalue weighted by atomic mass is 9.74. The highest BCUT2D eigenvalue weighted by Crippen LogP contribution is 2.44. The van der Waals surface area contributed by atoms with E-state index in [9.17, 15) is 0 Å². The minimum atomic E-state index is -0.486. The summed E-state index contributed by atoms with van der Waals surface area (Å²) < 4.78 is 0. The first-order chi connectivity index (χ1) is 27.2. The Hall–Kier alpha value is -6.16. The van der Waals surface area contributed by atoms with E-state index in [1.165, 1.54) is 55.7 Å². The Morgan fingerprint density at radius 1 is 0.786 bits per heavy atom. The third kappa shape index (κ3) is 7.56. The summed E-state index contributed by atoms with van der Waals surface area (Å²) in [7, 11) is 0. The van der Waals surface area contributed by atoms with Gasteiger partial charge < -0.3 is 16.0 Å². The minimum absolute atomic E-state index is 0.295. The van der Waals surface area contributed by atoms with E-state index in [4.69, 9.17) is 5.73 Å². The normalized spacial score (nSPS) is 16.2. The van der Waals surface area contributed by atoms with Crippen LogP contribution in [0.1, 0.15) is 59.2 Å². The summed E-state index contributed by atoms with van der Waals surface area (Å²) in [6.45, 7) is 18.8. The molecule has 5 aromatic carbocycles. The van der Waals surface area contributed by atoms with Gasteiger partial charge >= 0.3 is 0 Å². The first kappa shape index (κ1) is 38.1. The Balaban J connectivity index is 1.31. The molecule has 0 bridgehead atoms. The average Bonchev–Trinajstić information content (AvgIpc) is 3.61. The summed E-state index contributed by atoms with van der Waals surface area (Å²) in [5.41, 5.74) is 25.1. The van der Waals surface area contributed by atoms with E-state index in [1.54, 1.807) is 0 Å². The molecule has 1 unspecified atom stereocenters. The third-order valence-electron chi connectivity index (χ3n) is 11.5. The molecule has 3 heteroatoms. The molecule has 0 amide bonds. The number of allylic oxidation sites excluding steroid dienone is 10. The lowest BCUT2D eigenvalue weighted by molar-refractivity contribution is 0.699. The van der Waals surface area contributed by atoms with Gasteiger partial charge in [-0.15, -0.1) is 6.58 Å². The summed E-state index contributed by atoms with van der Waals surface area (Å²) in [5.74, 6) is 0. The molecule has 56 heavy (non-hydrogen) atoms. The molecular formula is C53H53N3. The van der Waals surface area contributed by atoms with Gasteiger partial charge in [0, 0.05) is 34.6 Å². The van der Waals surface area contributed by atoms with Crippen molar-refractivity contribution >= 4 is 16.8 Å². The van der Waals surface area contributed by atoms with Crippen LogP contribution in [0.2, 0.25) is 0 Å². The Labute approximate surface area is 334 Å². The maximum absolute atomic E-state index is 6.30. The van der Waals surface area contributed by atoms with E-state index in [0.29, 0.717) is 13.1 Å². The molecule has 3 N–H and O–H groups in total. The number of hydrogen-bond acceptors (Lipinski definition) is 3. The first-order valence-corrected chi connectivity index (χ1v) is 19.7. The van der Waals surface area contributed by atoms with E-state index in [-0.39, 0.29) is 0 Å². The fourth-order valence-electron chi connectivity index (χ4n) is 8.30. The molecule has 1 aliphatic carbocycles. The van der Waals surface area contributed by atoms with E-state index in [1.807, 2.05) is 6.08 Å². The highest BCUT2D eigenvalue weighted by atomic mass is 15.1. The van der Waals surface area contributed by atoms with E-state index < -0.39 is 5.41 Å². The van der Waals surface area contributed by atoms with E-state index in [0.717, 1.165) is 46.8 Å². The lowest BCUT2D eigenvalue weighted by Gasteiger charge is -2.31. The molecule has 0 saturated carbocycles. The van der Waals surface area contributed by atoms with Crippen LogP contribution in [0.25, 0.3) is 22.3 Å². The van der Waals surface area contributed by atoms with Gasteiger partial charge in [-0.3, -0.25) is 0 Å². The van der Waals surface area contributed by atoms with Gasteiger partial charge in [0.05, 0.1) is 6.67 Å². The van der Waals surface area contributed by atoms with Crippen LogP contribution in [0.4, 0.5) is 5.69 Å². The number of hydrogen-bond donors (Lipinski definition) is 2. The van der Waals surface area contributed by atoms with E-state index >= 15 is 0 Å². The van der Waals surface area contributed by atoms with Gasteiger partial charge in [-0.25, -0.2) is 0 Å². The van der Waals surface area contributed by atoms with Crippen molar-refractivity contribution in [2.24, 2.45) is 5.73 Å². The second kappa shape index (κ2) is 16.7. The summed E-state index contributed by atoms with van der Waals surface area (Å²) in [5, 5.41) is 3.56. The molecule has 0 fully saturated rings. The molecule has 7 rings (SSSR count). The molecule has 1 heterocycles. The summed E-state index contributed by atoms with van der Waals surface area (Å²) >= 11 is 0. The van der Waals surface area contributed by atoms with E-state index in [2.05, 4.69) is 203 Å². The monoisotopic (exact) mass is 731 g/mol. The van der Waals surface area contributed by atoms with Crippen molar-refractivity contribution < 1.29 is 0 Å². The number of nitrogens with two attached hydrogens (primary N) is 1. The van der Waals surface area contributed by atoms with Crippen molar-refractivity contribution in [2.45, 2.75) is 46.0 Å². The molecule has 1 aliphatic heterocycles. The number of anilines is 1. The molecular weight excluding hydrogens is 679 g/mol. The van der Waals surface area contributed by atoms with Crippen LogP contribution in [0, 0.1) is 13.8 Å². The van der Waals surface area contributed by atoms with Crippen molar-refractivity contribution in [1.82, 2.24) is 5.32 Å². The Morgan fingerprint density at radius 3 is 2.21 bits per heavy atom. The van der Waals surface area contributed by atoms with Crippen LogP contribution in [-0.4, -0.2) is 13.2 Å². The van der Waals surface area contributed by atoms with Gasteiger partial charge in [0.15, 0.2) is 0 Å². The van der Waals surface area contributed by atoms with Crippen LogP contribution < -0.4 is 16.0 Å². The third-order valence-corrected chi connectivity index (χ3v) is 11.5. The number of rotatable bonds is 11. The van der Waals surface area contributed by atoms with Crippen molar-refractivity contribution in [3.05, 3.63) is 232 Å². The second-order valence-corrected chi connectivity index (χ2v) is 15.1.